The number of amides is 1. The molecule has 6 heavy (non-hydrogen) atoms. The highest BCUT2D eigenvalue weighted by Gasteiger charge is 1.75. The Morgan fingerprint density at radius 1 is 1.83 bits per heavy atom. The van der Waals surface area contributed by atoms with Gasteiger partial charge in [0.2, 0.25) is 5.91 Å². The summed E-state index contributed by atoms with van der Waals surface area (Å²) < 4.78 is 10.8. The molecule has 0 aromatic carbocycles. The van der Waals surface area contributed by atoms with E-state index >= 15 is 0 Å². The van der Waals surface area contributed by atoms with E-state index in [0.29, 0.717) is 6.08 Å². The van der Waals surface area contributed by atoms with Gasteiger partial charge in [0.15, 0.2) is 0 Å². The van der Waals surface area contributed by atoms with Gasteiger partial charge in [0.05, 0.1) is 6.33 Å². The van der Waals surface area contributed by atoms with Gasteiger partial charge in [0.1, 0.15) is 0 Å². The molecular formula is C3H4FNO. The molecule has 0 aromatic heterocycles. The normalized spacial score (nSPS) is 9.50. The lowest BCUT2D eigenvalue weighted by molar-refractivity contribution is -0.113. The van der Waals surface area contributed by atoms with Crippen LogP contribution in [0.4, 0.5) is 4.39 Å². The standard InChI is InChI=1S/C3H4FNO/c4-2-1-3(5)6/h1-2H,(H2,5,6)/b2-1-. The second-order valence-electron chi connectivity index (χ2n) is 0.695. The smallest absolute Gasteiger partial charge is 0.243 e. The van der Waals surface area contributed by atoms with Crippen LogP contribution in [-0.2, 0) is 4.79 Å². The van der Waals surface area contributed by atoms with E-state index in [4.69, 9.17) is 0 Å². The van der Waals surface area contributed by atoms with Crippen molar-refractivity contribution in [2.45, 2.75) is 0 Å². The maximum atomic E-state index is 10.8. The van der Waals surface area contributed by atoms with Gasteiger partial charge in [0.25, 0.3) is 0 Å². The van der Waals surface area contributed by atoms with Crippen molar-refractivity contribution >= 4 is 5.91 Å². The zero-order valence-electron chi connectivity index (χ0n) is 3.02. The van der Waals surface area contributed by atoms with Crippen LogP contribution in [0.1, 0.15) is 0 Å². The van der Waals surface area contributed by atoms with E-state index in [2.05, 4.69) is 5.73 Å². The van der Waals surface area contributed by atoms with E-state index in [-0.39, 0.29) is 6.33 Å². The summed E-state index contributed by atoms with van der Waals surface area (Å²) in [6.45, 7) is 0. The lowest BCUT2D eigenvalue weighted by Gasteiger charge is -1.68. The second-order valence-corrected chi connectivity index (χ2v) is 0.695. The summed E-state index contributed by atoms with van der Waals surface area (Å²) in [6.07, 6.45) is 0.738. The molecule has 0 radical (unpaired) electrons. The van der Waals surface area contributed by atoms with Crippen molar-refractivity contribution in [3.8, 4) is 0 Å². The molecule has 0 rings (SSSR count). The number of hydrogen-bond acceptors (Lipinski definition) is 1. The van der Waals surface area contributed by atoms with Gasteiger partial charge in [-0.3, -0.25) is 4.79 Å². The number of carbonyl (C=O) groups excluding carboxylic acids is 1. The first-order valence-electron chi connectivity index (χ1n) is 1.33. The van der Waals surface area contributed by atoms with Gasteiger partial charge >= 0.3 is 0 Å². The number of rotatable bonds is 1. The fraction of sp³-hybridized carbons (Fsp3) is 0. The first-order valence-corrected chi connectivity index (χ1v) is 1.33. The summed E-state index contributed by atoms with van der Waals surface area (Å²) in [5.74, 6) is -0.766. The molecule has 0 atom stereocenters. The molecule has 0 unspecified atom stereocenters. The Hall–Kier alpha value is -0.860. The number of carbonyl (C=O) groups is 1. The lowest BCUT2D eigenvalue weighted by Crippen LogP contribution is -2.04. The first kappa shape index (κ1) is 5.14. The molecular weight excluding hydrogens is 85.0 g/mol. The van der Waals surface area contributed by atoms with Gasteiger partial charge in [0, 0.05) is 6.08 Å². The molecule has 0 aliphatic heterocycles. The highest BCUT2D eigenvalue weighted by atomic mass is 19.1. The van der Waals surface area contributed by atoms with Crippen LogP contribution < -0.4 is 5.73 Å². The molecule has 2 N–H and O–H groups in total. The number of nitrogens with two attached hydrogens (primary N) is 1. The second kappa shape index (κ2) is 2.38. The van der Waals surface area contributed by atoms with Crippen molar-refractivity contribution in [1.29, 1.82) is 0 Å². The van der Waals surface area contributed by atoms with E-state index in [1.54, 1.807) is 0 Å². The topological polar surface area (TPSA) is 43.1 Å². The van der Waals surface area contributed by atoms with Crippen LogP contribution in [0.5, 0.6) is 0 Å². The molecule has 0 spiro atoms. The molecule has 0 heterocycles. The zero-order chi connectivity index (χ0) is 4.99. The Morgan fingerprint density at radius 3 is 2.33 bits per heavy atom. The van der Waals surface area contributed by atoms with Crippen molar-refractivity contribution in [3.05, 3.63) is 12.4 Å². The van der Waals surface area contributed by atoms with E-state index in [1.807, 2.05) is 0 Å². The minimum Gasteiger partial charge on any atom is -0.366 e. The van der Waals surface area contributed by atoms with Crippen molar-refractivity contribution in [1.82, 2.24) is 0 Å². The van der Waals surface area contributed by atoms with Crippen LogP contribution in [0.3, 0.4) is 0 Å². The maximum absolute atomic E-state index is 10.8. The lowest BCUT2D eigenvalue weighted by atomic mass is 10.6. The minimum absolute atomic E-state index is 0.0995. The van der Waals surface area contributed by atoms with E-state index in [1.165, 1.54) is 0 Å². The van der Waals surface area contributed by atoms with Crippen molar-refractivity contribution in [2.75, 3.05) is 0 Å². The van der Waals surface area contributed by atoms with E-state index in [0.717, 1.165) is 0 Å². The molecule has 0 fully saturated rings. The third kappa shape index (κ3) is 3.14. The summed E-state index contributed by atoms with van der Waals surface area (Å²) in [6, 6.07) is 0. The highest BCUT2D eigenvalue weighted by Crippen LogP contribution is 1.66. The van der Waals surface area contributed by atoms with Gasteiger partial charge in [-0.2, -0.15) is 0 Å². The quantitative estimate of drug-likeness (QED) is 0.450. The molecule has 0 saturated carbocycles. The van der Waals surface area contributed by atoms with Crippen LogP contribution in [-0.4, -0.2) is 5.91 Å². The Morgan fingerprint density at radius 2 is 2.33 bits per heavy atom. The minimum atomic E-state index is -0.766. The Balaban J connectivity index is 3.30. The van der Waals surface area contributed by atoms with Gasteiger partial charge in [-0.05, 0) is 0 Å². The van der Waals surface area contributed by atoms with Crippen LogP contribution in [0.25, 0.3) is 0 Å². The van der Waals surface area contributed by atoms with Gasteiger partial charge in [-0.1, -0.05) is 0 Å². The largest absolute Gasteiger partial charge is 0.366 e. The highest BCUT2D eigenvalue weighted by molar-refractivity contribution is 5.85. The van der Waals surface area contributed by atoms with E-state index < -0.39 is 5.91 Å². The van der Waals surface area contributed by atoms with Gasteiger partial charge in [-0.15, -0.1) is 0 Å². The molecule has 1 amide bonds. The van der Waals surface area contributed by atoms with Crippen molar-refractivity contribution in [3.63, 3.8) is 0 Å². The van der Waals surface area contributed by atoms with Crippen molar-refractivity contribution in [2.24, 2.45) is 5.73 Å². The SMILES string of the molecule is NC(=O)/C=C\F. The molecule has 0 saturated heterocycles. The fourth-order valence-corrected chi connectivity index (χ4v) is 0.0621. The predicted molar refractivity (Wildman–Crippen MR) is 19.4 cm³/mol. The third-order valence-electron chi connectivity index (χ3n) is 0.227. The zero-order valence-corrected chi connectivity index (χ0v) is 3.02. The fourth-order valence-electron chi connectivity index (χ4n) is 0.0621. The Kier molecular flexibility index (Phi) is 2.04. The van der Waals surface area contributed by atoms with Gasteiger partial charge < -0.3 is 5.73 Å². The predicted octanol–water partition coefficient (Wildman–Crippen LogP) is -0.0451. The molecule has 3 heteroatoms. The summed E-state index contributed by atoms with van der Waals surface area (Å²) in [5.41, 5.74) is 4.44. The molecule has 0 aliphatic carbocycles. The monoisotopic (exact) mass is 89.0 g/mol. The Bertz CT molecular complexity index is 78.9. The first-order chi connectivity index (χ1) is 2.77. The van der Waals surface area contributed by atoms with Gasteiger partial charge in [-0.25, -0.2) is 4.39 Å². The third-order valence-corrected chi connectivity index (χ3v) is 0.227. The van der Waals surface area contributed by atoms with Crippen LogP contribution in [0.15, 0.2) is 12.4 Å². The molecule has 2 nitrogen and oxygen atoms in total. The van der Waals surface area contributed by atoms with Crippen LogP contribution in [0, 0.1) is 0 Å². The molecule has 34 valence electrons. The van der Waals surface area contributed by atoms with Crippen molar-refractivity contribution < 1.29 is 9.18 Å². The van der Waals surface area contributed by atoms with E-state index in [9.17, 15) is 9.18 Å². The maximum Gasteiger partial charge on any atom is 0.243 e. The number of hydrogen-bond donors (Lipinski definition) is 1. The van der Waals surface area contributed by atoms with Crippen LogP contribution >= 0.6 is 0 Å². The molecule has 0 aliphatic rings. The summed E-state index contributed by atoms with van der Waals surface area (Å²) in [4.78, 5) is 9.49. The summed E-state index contributed by atoms with van der Waals surface area (Å²) in [7, 11) is 0. The molecule has 0 bridgehead atoms. The molecule has 0 aromatic rings. The number of primary amides is 1. The average molecular weight is 89.1 g/mol. The summed E-state index contributed by atoms with van der Waals surface area (Å²) in [5, 5.41) is 0. The number of halogens is 1. The summed E-state index contributed by atoms with van der Waals surface area (Å²) >= 11 is 0. The average Bonchev–Trinajstić information content (AvgIpc) is 1.35. The van der Waals surface area contributed by atoms with Crippen LogP contribution in [0.2, 0.25) is 0 Å². The Labute approximate surface area is 34.4 Å².